The van der Waals surface area contributed by atoms with Gasteiger partial charge in [0.25, 0.3) is 0 Å². The maximum atomic E-state index is 13.0. The molecule has 7 nitrogen and oxygen atoms in total. The van der Waals surface area contributed by atoms with Gasteiger partial charge in [0.05, 0.1) is 6.04 Å². The lowest BCUT2D eigenvalue weighted by molar-refractivity contribution is -0.132. The van der Waals surface area contributed by atoms with Crippen LogP contribution in [0.5, 0.6) is 0 Å². The Bertz CT molecular complexity index is 884. The van der Waals surface area contributed by atoms with Gasteiger partial charge in [-0.2, -0.15) is 0 Å². The number of nitrogens with two attached hydrogens (primary N) is 1. The van der Waals surface area contributed by atoms with Crippen molar-refractivity contribution >= 4 is 29.2 Å². The molecule has 0 spiro atoms. The number of hydrogen-bond acceptors (Lipinski definition) is 5. The molecule has 1 unspecified atom stereocenters. The zero-order chi connectivity index (χ0) is 22.2. The van der Waals surface area contributed by atoms with Gasteiger partial charge in [-0.25, -0.2) is 4.98 Å². The molecule has 1 aliphatic rings. The zero-order valence-electron chi connectivity index (χ0n) is 17.8. The molecule has 166 valence electrons. The van der Waals surface area contributed by atoms with Gasteiger partial charge in [-0.3, -0.25) is 14.5 Å². The van der Waals surface area contributed by atoms with E-state index in [0.29, 0.717) is 23.8 Å². The fourth-order valence-corrected chi connectivity index (χ4v) is 3.94. The third-order valence-electron chi connectivity index (χ3n) is 5.59. The second-order valence-electron chi connectivity index (χ2n) is 7.98. The first-order valence-corrected chi connectivity index (χ1v) is 11.1. The minimum atomic E-state index is -0.708. The van der Waals surface area contributed by atoms with Gasteiger partial charge in [-0.05, 0) is 62.2 Å². The normalized spacial score (nSPS) is 16.3. The highest BCUT2D eigenvalue weighted by molar-refractivity contribution is 6.30. The van der Waals surface area contributed by atoms with E-state index in [1.54, 1.807) is 18.3 Å². The van der Waals surface area contributed by atoms with Crippen molar-refractivity contribution in [2.75, 3.05) is 18.8 Å². The van der Waals surface area contributed by atoms with Crippen LogP contribution in [-0.2, 0) is 22.6 Å². The van der Waals surface area contributed by atoms with E-state index >= 15 is 0 Å². The molecule has 2 heterocycles. The minimum absolute atomic E-state index is 0.141. The Morgan fingerprint density at radius 1 is 1.13 bits per heavy atom. The van der Waals surface area contributed by atoms with Crippen LogP contribution in [0, 0.1) is 0 Å². The molecule has 0 bridgehead atoms. The Labute approximate surface area is 188 Å². The molecule has 3 rings (SSSR count). The fraction of sp³-hybridized carbons (Fsp3) is 0.435. The van der Waals surface area contributed by atoms with Crippen LogP contribution in [-0.4, -0.2) is 46.9 Å². The summed E-state index contributed by atoms with van der Waals surface area (Å²) in [6, 6.07) is 9.84. The Hall–Kier alpha value is -2.64. The number of carbonyl (C=O) groups excluding carboxylic acids is 2. The van der Waals surface area contributed by atoms with Gasteiger partial charge >= 0.3 is 0 Å². The van der Waals surface area contributed by atoms with E-state index in [9.17, 15) is 9.59 Å². The number of piperidine rings is 1. The second-order valence-corrected chi connectivity index (χ2v) is 8.41. The van der Waals surface area contributed by atoms with Gasteiger partial charge in [0.1, 0.15) is 11.9 Å². The molecular weight excluding hydrogens is 414 g/mol. The number of rotatable bonds is 8. The monoisotopic (exact) mass is 443 g/mol. The van der Waals surface area contributed by atoms with Gasteiger partial charge in [0.15, 0.2) is 0 Å². The number of nitrogen functional groups attached to an aromatic ring is 1. The van der Waals surface area contributed by atoms with Crippen molar-refractivity contribution in [1.29, 1.82) is 0 Å². The van der Waals surface area contributed by atoms with Crippen LogP contribution in [0.1, 0.15) is 37.3 Å². The van der Waals surface area contributed by atoms with Gasteiger partial charge in [-0.1, -0.05) is 36.2 Å². The molecule has 1 aromatic carbocycles. The van der Waals surface area contributed by atoms with Crippen LogP contribution in [0.15, 0.2) is 42.6 Å². The molecule has 2 amide bonds. The molecule has 1 fully saturated rings. The Kier molecular flexibility index (Phi) is 8.26. The molecule has 0 saturated carbocycles. The third kappa shape index (κ3) is 6.94. The molecule has 0 aliphatic carbocycles. The van der Waals surface area contributed by atoms with E-state index in [0.717, 1.165) is 37.1 Å². The molecule has 1 saturated heterocycles. The number of pyridine rings is 1. The van der Waals surface area contributed by atoms with Crippen molar-refractivity contribution in [1.82, 2.24) is 20.5 Å². The summed E-state index contributed by atoms with van der Waals surface area (Å²) < 4.78 is 0. The van der Waals surface area contributed by atoms with E-state index in [1.807, 2.05) is 31.2 Å². The maximum Gasteiger partial charge on any atom is 0.243 e. The van der Waals surface area contributed by atoms with E-state index in [2.05, 4.69) is 20.5 Å². The van der Waals surface area contributed by atoms with Crippen LogP contribution in [0.4, 0.5) is 5.82 Å². The van der Waals surface area contributed by atoms with Crippen molar-refractivity contribution in [3.05, 3.63) is 58.7 Å². The molecule has 1 aliphatic heterocycles. The van der Waals surface area contributed by atoms with E-state index < -0.39 is 6.04 Å². The summed E-state index contributed by atoms with van der Waals surface area (Å²) in [4.78, 5) is 32.1. The first-order valence-electron chi connectivity index (χ1n) is 10.7. The molecule has 4 N–H and O–H groups in total. The standard InChI is InChI=1S/C23H30ClN5O2/c1-16(29-10-3-2-4-11-29)22(30)28-20(13-17-6-5-7-19(24)12-17)23(31)27-15-18-8-9-21(25)26-14-18/h5-9,12,14,16,20H,2-4,10-11,13,15H2,1H3,(H2,25,26)(H,27,31)(H,28,30)/t16?,20-/m0/s1. The third-order valence-corrected chi connectivity index (χ3v) is 5.83. The summed E-state index contributed by atoms with van der Waals surface area (Å²) in [5, 5.41) is 6.45. The zero-order valence-corrected chi connectivity index (χ0v) is 18.6. The van der Waals surface area contributed by atoms with Gasteiger partial charge in [-0.15, -0.1) is 0 Å². The first-order chi connectivity index (χ1) is 14.9. The van der Waals surface area contributed by atoms with Crippen molar-refractivity contribution in [3.63, 3.8) is 0 Å². The van der Waals surface area contributed by atoms with Gasteiger partial charge < -0.3 is 16.4 Å². The number of aromatic nitrogens is 1. The van der Waals surface area contributed by atoms with Gasteiger partial charge in [0, 0.05) is 24.2 Å². The maximum absolute atomic E-state index is 13.0. The van der Waals surface area contributed by atoms with Crippen molar-refractivity contribution in [2.45, 2.75) is 51.2 Å². The van der Waals surface area contributed by atoms with Crippen LogP contribution >= 0.6 is 11.6 Å². The summed E-state index contributed by atoms with van der Waals surface area (Å²) in [7, 11) is 0. The van der Waals surface area contributed by atoms with Crippen LogP contribution < -0.4 is 16.4 Å². The van der Waals surface area contributed by atoms with Gasteiger partial charge in [0.2, 0.25) is 11.8 Å². The Morgan fingerprint density at radius 3 is 2.58 bits per heavy atom. The molecule has 2 atom stereocenters. The van der Waals surface area contributed by atoms with Crippen molar-refractivity contribution < 1.29 is 9.59 Å². The fourth-order valence-electron chi connectivity index (χ4n) is 3.73. The van der Waals surface area contributed by atoms with Crippen LogP contribution in [0.3, 0.4) is 0 Å². The number of benzene rings is 1. The van der Waals surface area contributed by atoms with E-state index in [4.69, 9.17) is 17.3 Å². The number of hydrogen-bond donors (Lipinski definition) is 3. The number of amides is 2. The highest BCUT2D eigenvalue weighted by atomic mass is 35.5. The number of anilines is 1. The lowest BCUT2D eigenvalue weighted by Gasteiger charge is -2.32. The highest BCUT2D eigenvalue weighted by Crippen LogP contribution is 2.15. The summed E-state index contributed by atoms with van der Waals surface area (Å²) >= 11 is 6.11. The number of nitrogens with one attached hydrogen (secondary N) is 2. The summed E-state index contributed by atoms with van der Waals surface area (Å²) in [5.41, 5.74) is 7.33. The quantitative estimate of drug-likeness (QED) is 0.582. The Morgan fingerprint density at radius 2 is 1.90 bits per heavy atom. The predicted molar refractivity (Wildman–Crippen MR) is 122 cm³/mol. The summed E-state index contributed by atoms with van der Waals surface area (Å²) in [5.74, 6) is 0.0297. The van der Waals surface area contributed by atoms with E-state index in [-0.39, 0.29) is 17.9 Å². The molecular formula is C23H30ClN5O2. The average Bonchev–Trinajstić information content (AvgIpc) is 2.78. The molecule has 1 aromatic heterocycles. The lowest BCUT2D eigenvalue weighted by atomic mass is 10.0. The molecule has 2 aromatic rings. The molecule has 0 radical (unpaired) electrons. The van der Waals surface area contributed by atoms with Crippen LogP contribution in [0.25, 0.3) is 0 Å². The number of halogens is 1. The summed E-state index contributed by atoms with van der Waals surface area (Å²) in [6.07, 6.45) is 5.37. The Balaban J connectivity index is 1.67. The predicted octanol–water partition coefficient (Wildman–Crippen LogP) is 2.54. The SMILES string of the molecule is CC(C(=O)N[C@@H](Cc1cccc(Cl)c1)C(=O)NCc1ccc(N)nc1)N1CCCCC1. The lowest BCUT2D eigenvalue weighted by Crippen LogP contribution is -2.54. The largest absolute Gasteiger partial charge is 0.384 e. The molecule has 31 heavy (non-hydrogen) atoms. The second kappa shape index (κ2) is 11.1. The average molecular weight is 444 g/mol. The number of nitrogens with zero attached hydrogens (tertiary/aromatic N) is 2. The smallest absolute Gasteiger partial charge is 0.243 e. The number of likely N-dealkylation sites (tertiary alicyclic amines) is 1. The van der Waals surface area contributed by atoms with Crippen LogP contribution in [0.2, 0.25) is 5.02 Å². The van der Waals surface area contributed by atoms with Crippen molar-refractivity contribution in [3.8, 4) is 0 Å². The van der Waals surface area contributed by atoms with Crippen molar-refractivity contribution in [2.24, 2.45) is 0 Å². The number of carbonyl (C=O) groups is 2. The minimum Gasteiger partial charge on any atom is -0.384 e. The summed E-state index contributed by atoms with van der Waals surface area (Å²) in [6.45, 7) is 4.01. The first kappa shape index (κ1) is 23.0. The molecule has 8 heteroatoms. The topological polar surface area (TPSA) is 100 Å². The highest BCUT2D eigenvalue weighted by Gasteiger charge is 2.27. The van der Waals surface area contributed by atoms with E-state index in [1.165, 1.54) is 6.42 Å².